The number of hydrazine groups is 1. The number of rotatable bonds is 2. The lowest BCUT2D eigenvalue weighted by molar-refractivity contribution is -0.121. The number of hydrogen-bond donors (Lipinski definition) is 3. The second-order valence-corrected chi connectivity index (χ2v) is 3.13. The number of nitrogens with one attached hydrogen (secondary N) is 2. The van der Waals surface area contributed by atoms with E-state index in [1.807, 2.05) is 22.3 Å². The standard InChI is InChI=1S/C7H9N3O2S/c8-7(12)10-9-6(11)3-5-1-2-13-4-5/h1-2,4H,3H2,(H,9,11)(H3,8,10,12). The lowest BCUT2D eigenvalue weighted by atomic mass is 10.2. The fourth-order valence-corrected chi connectivity index (χ4v) is 1.42. The Morgan fingerprint density at radius 3 is 2.77 bits per heavy atom. The highest BCUT2D eigenvalue weighted by Crippen LogP contribution is 2.05. The highest BCUT2D eigenvalue weighted by molar-refractivity contribution is 7.07. The van der Waals surface area contributed by atoms with Crippen LogP contribution < -0.4 is 16.6 Å². The van der Waals surface area contributed by atoms with Gasteiger partial charge in [-0.25, -0.2) is 10.2 Å². The van der Waals surface area contributed by atoms with E-state index in [0.717, 1.165) is 5.56 Å². The Balaban J connectivity index is 2.30. The van der Waals surface area contributed by atoms with Crippen LogP contribution in [0.1, 0.15) is 5.56 Å². The maximum atomic E-state index is 11.0. The molecule has 70 valence electrons. The number of nitrogens with two attached hydrogens (primary N) is 1. The van der Waals surface area contributed by atoms with Crippen LogP contribution in [0, 0.1) is 0 Å². The molecule has 1 rings (SSSR count). The molecule has 0 unspecified atom stereocenters. The van der Waals surface area contributed by atoms with Gasteiger partial charge in [0.2, 0.25) is 5.91 Å². The monoisotopic (exact) mass is 199 g/mol. The van der Waals surface area contributed by atoms with E-state index < -0.39 is 6.03 Å². The van der Waals surface area contributed by atoms with E-state index in [4.69, 9.17) is 5.73 Å². The topological polar surface area (TPSA) is 84.2 Å². The minimum atomic E-state index is -0.779. The summed E-state index contributed by atoms with van der Waals surface area (Å²) >= 11 is 1.51. The molecule has 0 aliphatic heterocycles. The van der Waals surface area contributed by atoms with Crippen LogP contribution in [0.3, 0.4) is 0 Å². The third-order valence-electron chi connectivity index (χ3n) is 1.27. The largest absolute Gasteiger partial charge is 0.350 e. The molecule has 0 radical (unpaired) electrons. The molecule has 0 aromatic carbocycles. The van der Waals surface area contributed by atoms with Gasteiger partial charge in [0.05, 0.1) is 6.42 Å². The maximum Gasteiger partial charge on any atom is 0.330 e. The van der Waals surface area contributed by atoms with Crippen molar-refractivity contribution in [3.05, 3.63) is 22.4 Å². The lowest BCUT2D eigenvalue weighted by Crippen LogP contribution is -2.45. The Hall–Kier alpha value is -1.56. The molecule has 0 saturated carbocycles. The molecule has 1 heterocycles. The summed E-state index contributed by atoms with van der Waals surface area (Å²) in [4.78, 5) is 21.2. The summed E-state index contributed by atoms with van der Waals surface area (Å²) in [5.41, 5.74) is 9.82. The summed E-state index contributed by atoms with van der Waals surface area (Å²) < 4.78 is 0. The van der Waals surface area contributed by atoms with Crippen LogP contribution in [0.15, 0.2) is 16.8 Å². The van der Waals surface area contributed by atoms with Crippen molar-refractivity contribution < 1.29 is 9.59 Å². The highest BCUT2D eigenvalue weighted by Gasteiger charge is 2.03. The third kappa shape index (κ3) is 3.57. The first-order chi connectivity index (χ1) is 6.18. The van der Waals surface area contributed by atoms with Gasteiger partial charge in [-0.15, -0.1) is 0 Å². The smallest absolute Gasteiger partial charge is 0.330 e. The molecular weight excluding hydrogens is 190 g/mol. The van der Waals surface area contributed by atoms with Crippen molar-refractivity contribution in [1.29, 1.82) is 0 Å². The van der Waals surface area contributed by atoms with Crippen LogP contribution in [0.5, 0.6) is 0 Å². The summed E-state index contributed by atoms with van der Waals surface area (Å²) in [6, 6.07) is 1.06. The van der Waals surface area contributed by atoms with Crippen molar-refractivity contribution in [2.45, 2.75) is 6.42 Å². The van der Waals surface area contributed by atoms with Crippen LogP contribution in [0.4, 0.5) is 4.79 Å². The predicted octanol–water partition coefficient (Wildman–Crippen LogP) is -0.00990. The summed E-state index contributed by atoms with van der Waals surface area (Å²) in [5.74, 6) is -0.294. The summed E-state index contributed by atoms with van der Waals surface area (Å²) in [5, 5.41) is 3.74. The molecule has 1 aromatic rings. The summed E-state index contributed by atoms with van der Waals surface area (Å²) in [6.45, 7) is 0. The van der Waals surface area contributed by atoms with Crippen molar-refractivity contribution in [1.82, 2.24) is 10.9 Å². The van der Waals surface area contributed by atoms with Gasteiger partial charge in [0.15, 0.2) is 0 Å². The number of carbonyl (C=O) groups is 2. The van der Waals surface area contributed by atoms with Gasteiger partial charge in [-0.05, 0) is 22.4 Å². The van der Waals surface area contributed by atoms with Crippen molar-refractivity contribution in [2.24, 2.45) is 5.73 Å². The second-order valence-electron chi connectivity index (χ2n) is 2.35. The number of hydrogen-bond acceptors (Lipinski definition) is 3. The fraction of sp³-hybridized carbons (Fsp3) is 0.143. The predicted molar refractivity (Wildman–Crippen MR) is 48.9 cm³/mol. The Kier molecular flexibility index (Phi) is 3.27. The highest BCUT2D eigenvalue weighted by atomic mass is 32.1. The first-order valence-electron chi connectivity index (χ1n) is 3.54. The van der Waals surface area contributed by atoms with Gasteiger partial charge in [0.25, 0.3) is 0 Å². The molecule has 1 aromatic heterocycles. The molecule has 0 bridgehead atoms. The minimum absolute atomic E-state index is 0.240. The summed E-state index contributed by atoms with van der Waals surface area (Å²) in [6.07, 6.45) is 0.240. The Morgan fingerprint density at radius 2 is 2.23 bits per heavy atom. The first-order valence-corrected chi connectivity index (χ1v) is 4.48. The number of primary amides is 1. The van der Waals surface area contributed by atoms with Crippen molar-refractivity contribution in [3.63, 3.8) is 0 Å². The maximum absolute atomic E-state index is 11.0. The molecule has 0 aliphatic carbocycles. The average Bonchev–Trinajstić information content (AvgIpc) is 2.53. The molecule has 0 aliphatic rings. The Labute approximate surface area is 78.9 Å². The summed E-state index contributed by atoms with van der Waals surface area (Å²) in [7, 11) is 0. The van der Waals surface area contributed by atoms with Gasteiger partial charge in [-0.2, -0.15) is 11.3 Å². The number of carbonyl (C=O) groups excluding carboxylic acids is 2. The minimum Gasteiger partial charge on any atom is -0.350 e. The van der Waals surface area contributed by atoms with Crippen LogP contribution in [0.25, 0.3) is 0 Å². The van der Waals surface area contributed by atoms with E-state index in [0.29, 0.717) is 0 Å². The quantitative estimate of drug-likeness (QED) is 0.585. The molecule has 0 saturated heterocycles. The molecule has 13 heavy (non-hydrogen) atoms. The molecule has 4 N–H and O–H groups in total. The Bertz CT molecular complexity index is 297. The third-order valence-corrected chi connectivity index (χ3v) is 2.00. The van der Waals surface area contributed by atoms with Gasteiger partial charge in [-0.3, -0.25) is 10.2 Å². The van der Waals surface area contributed by atoms with E-state index >= 15 is 0 Å². The average molecular weight is 199 g/mol. The van der Waals surface area contributed by atoms with Crippen molar-refractivity contribution in [3.8, 4) is 0 Å². The van der Waals surface area contributed by atoms with E-state index in [1.54, 1.807) is 0 Å². The van der Waals surface area contributed by atoms with Crippen LogP contribution >= 0.6 is 11.3 Å². The zero-order chi connectivity index (χ0) is 9.68. The Morgan fingerprint density at radius 1 is 1.46 bits per heavy atom. The molecule has 0 spiro atoms. The second kappa shape index (κ2) is 4.46. The van der Waals surface area contributed by atoms with Gasteiger partial charge in [0, 0.05) is 0 Å². The van der Waals surface area contributed by atoms with Gasteiger partial charge >= 0.3 is 6.03 Å². The van der Waals surface area contributed by atoms with Crippen LogP contribution in [-0.2, 0) is 11.2 Å². The number of urea groups is 1. The van der Waals surface area contributed by atoms with Gasteiger partial charge in [-0.1, -0.05) is 0 Å². The van der Waals surface area contributed by atoms with Crippen molar-refractivity contribution in [2.75, 3.05) is 0 Å². The zero-order valence-corrected chi connectivity index (χ0v) is 7.56. The molecule has 3 amide bonds. The molecular formula is C7H9N3O2S. The normalized spacial score (nSPS) is 9.23. The fourth-order valence-electron chi connectivity index (χ4n) is 0.754. The molecule has 5 nitrogen and oxygen atoms in total. The SMILES string of the molecule is NC(=O)NNC(=O)Cc1ccsc1. The van der Waals surface area contributed by atoms with Crippen LogP contribution in [0.2, 0.25) is 0 Å². The van der Waals surface area contributed by atoms with Gasteiger partial charge in [0.1, 0.15) is 0 Å². The molecule has 0 atom stereocenters. The van der Waals surface area contributed by atoms with E-state index in [2.05, 4.69) is 5.43 Å². The lowest BCUT2D eigenvalue weighted by Gasteiger charge is -2.02. The van der Waals surface area contributed by atoms with Gasteiger partial charge < -0.3 is 5.73 Å². The van der Waals surface area contributed by atoms with Crippen LogP contribution in [-0.4, -0.2) is 11.9 Å². The van der Waals surface area contributed by atoms with E-state index in [9.17, 15) is 9.59 Å². The molecule has 0 fully saturated rings. The first kappa shape index (κ1) is 9.53. The zero-order valence-electron chi connectivity index (χ0n) is 6.74. The number of thiophene rings is 1. The van der Waals surface area contributed by atoms with E-state index in [1.165, 1.54) is 11.3 Å². The molecule has 6 heteroatoms. The van der Waals surface area contributed by atoms with E-state index in [-0.39, 0.29) is 12.3 Å². The number of amides is 3. The van der Waals surface area contributed by atoms with Crippen molar-refractivity contribution >= 4 is 23.3 Å².